The van der Waals surface area contributed by atoms with Crippen LogP contribution in [0.15, 0.2) is 42.7 Å². The number of ether oxygens (including phenoxy) is 1. The molecule has 2 heterocycles. The minimum Gasteiger partial charge on any atom is -0.490 e. The zero-order valence-corrected chi connectivity index (χ0v) is 10.7. The first kappa shape index (κ1) is 12.0. The SMILES string of the molecule is Nc1cccc(-c2cncc(OCC3CCN3)c2)c1. The Kier molecular flexibility index (Phi) is 3.33. The molecule has 1 aliphatic heterocycles. The third-order valence-corrected chi connectivity index (χ3v) is 3.31. The standard InChI is InChI=1S/C15H17N3O/c16-13-3-1-2-11(6-13)12-7-15(9-17-8-12)19-10-14-4-5-18-14/h1-3,6-9,14,18H,4-5,10,16H2. The lowest BCUT2D eigenvalue weighted by Gasteiger charge is -2.27. The van der Waals surface area contributed by atoms with Crippen molar-refractivity contribution in [2.24, 2.45) is 0 Å². The number of nitrogens with one attached hydrogen (secondary N) is 1. The van der Waals surface area contributed by atoms with E-state index in [9.17, 15) is 0 Å². The number of hydrogen-bond donors (Lipinski definition) is 2. The average molecular weight is 255 g/mol. The molecule has 4 heteroatoms. The summed E-state index contributed by atoms with van der Waals surface area (Å²) in [4.78, 5) is 4.23. The van der Waals surface area contributed by atoms with Gasteiger partial charge in [0.25, 0.3) is 0 Å². The molecular formula is C15H17N3O. The summed E-state index contributed by atoms with van der Waals surface area (Å²) < 4.78 is 5.75. The molecule has 0 radical (unpaired) electrons. The van der Waals surface area contributed by atoms with Gasteiger partial charge in [0.05, 0.1) is 6.20 Å². The predicted molar refractivity (Wildman–Crippen MR) is 76.0 cm³/mol. The van der Waals surface area contributed by atoms with Gasteiger partial charge < -0.3 is 15.8 Å². The molecule has 0 saturated carbocycles. The topological polar surface area (TPSA) is 60.2 Å². The van der Waals surface area contributed by atoms with Crippen molar-refractivity contribution in [2.45, 2.75) is 12.5 Å². The van der Waals surface area contributed by atoms with Crippen LogP contribution in [0.4, 0.5) is 5.69 Å². The summed E-state index contributed by atoms with van der Waals surface area (Å²) in [6.45, 7) is 1.79. The van der Waals surface area contributed by atoms with E-state index in [0.29, 0.717) is 12.6 Å². The van der Waals surface area contributed by atoms with E-state index >= 15 is 0 Å². The lowest BCUT2D eigenvalue weighted by Crippen LogP contribution is -2.46. The van der Waals surface area contributed by atoms with Crippen molar-refractivity contribution in [1.29, 1.82) is 0 Å². The van der Waals surface area contributed by atoms with Crippen LogP contribution in [0, 0.1) is 0 Å². The summed E-state index contributed by atoms with van der Waals surface area (Å²) in [6.07, 6.45) is 4.75. The van der Waals surface area contributed by atoms with Gasteiger partial charge in [-0.15, -0.1) is 0 Å². The number of benzene rings is 1. The highest BCUT2D eigenvalue weighted by Crippen LogP contribution is 2.24. The highest BCUT2D eigenvalue weighted by molar-refractivity contribution is 5.67. The molecule has 0 aliphatic carbocycles. The monoisotopic (exact) mass is 255 g/mol. The second kappa shape index (κ2) is 5.28. The smallest absolute Gasteiger partial charge is 0.138 e. The Morgan fingerprint density at radius 2 is 2.16 bits per heavy atom. The lowest BCUT2D eigenvalue weighted by atomic mass is 10.1. The highest BCUT2D eigenvalue weighted by atomic mass is 16.5. The molecule has 1 unspecified atom stereocenters. The first-order valence-corrected chi connectivity index (χ1v) is 6.48. The molecule has 2 aromatic rings. The van der Waals surface area contributed by atoms with E-state index in [2.05, 4.69) is 10.3 Å². The average Bonchev–Trinajstić information content (AvgIpc) is 2.37. The Balaban J connectivity index is 1.75. The summed E-state index contributed by atoms with van der Waals surface area (Å²) in [6, 6.07) is 10.3. The Morgan fingerprint density at radius 3 is 2.89 bits per heavy atom. The van der Waals surface area contributed by atoms with Gasteiger partial charge in [0.2, 0.25) is 0 Å². The Hall–Kier alpha value is -2.07. The third kappa shape index (κ3) is 2.85. The first-order valence-electron chi connectivity index (χ1n) is 6.48. The number of nitrogens with zero attached hydrogens (tertiary/aromatic N) is 1. The van der Waals surface area contributed by atoms with E-state index in [1.807, 2.05) is 36.5 Å². The van der Waals surface area contributed by atoms with Crippen LogP contribution in [0.2, 0.25) is 0 Å². The molecule has 3 rings (SSSR count). The van der Waals surface area contributed by atoms with E-state index in [1.54, 1.807) is 6.20 Å². The molecule has 1 aromatic carbocycles. The van der Waals surface area contributed by atoms with Crippen LogP contribution < -0.4 is 15.8 Å². The molecular weight excluding hydrogens is 238 g/mol. The second-order valence-corrected chi connectivity index (χ2v) is 4.79. The Labute approximate surface area is 112 Å². The molecule has 0 spiro atoms. The molecule has 3 N–H and O–H groups in total. The number of aromatic nitrogens is 1. The Morgan fingerprint density at radius 1 is 1.26 bits per heavy atom. The maximum Gasteiger partial charge on any atom is 0.138 e. The molecule has 98 valence electrons. The maximum atomic E-state index is 5.80. The molecule has 1 fully saturated rings. The second-order valence-electron chi connectivity index (χ2n) is 4.79. The van der Waals surface area contributed by atoms with Crippen LogP contribution in [0.1, 0.15) is 6.42 Å². The fourth-order valence-corrected chi connectivity index (χ4v) is 2.06. The molecule has 1 atom stereocenters. The highest BCUT2D eigenvalue weighted by Gasteiger charge is 2.16. The first-order chi connectivity index (χ1) is 9.31. The van der Waals surface area contributed by atoms with Crippen molar-refractivity contribution in [2.75, 3.05) is 18.9 Å². The molecule has 0 bridgehead atoms. The zero-order valence-electron chi connectivity index (χ0n) is 10.7. The van der Waals surface area contributed by atoms with Gasteiger partial charge in [-0.1, -0.05) is 12.1 Å². The van der Waals surface area contributed by atoms with E-state index in [1.165, 1.54) is 6.42 Å². The van der Waals surface area contributed by atoms with Crippen molar-refractivity contribution in [3.8, 4) is 16.9 Å². The molecule has 4 nitrogen and oxygen atoms in total. The van der Waals surface area contributed by atoms with Crippen LogP contribution in [-0.2, 0) is 0 Å². The summed E-state index contributed by atoms with van der Waals surface area (Å²) in [5, 5.41) is 3.31. The van der Waals surface area contributed by atoms with Gasteiger partial charge in [0.15, 0.2) is 0 Å². The number of pyridine rings is 1. The summed E-state index contributed by atoms with van der Waals surface area (Å²) in [5.74, 6) is 0.800. The molecule has 1 aliphatic rings. The van der Waals surface area contributed by atoms with Gasteiger partial charge in [0.1, 0.15) is 12.4 Å². The normalized spacial score (nSPS) is 17.8. The molecule has 1 aromatic heterocycles. The van der Waals surface area contributed by atoms with Gasteiger partial charge in [-0.2, -0.15) is 0 Å². The minimum absolute atomic E-state index is 0.482. The fraction of sp³-hybridized carbons (Fsp3) is 0.267. The van der Waals surface area contributed by atoms with Crippen molar-refractivity contribution < 1.29 is 4.74 Å². The number of nitrogen functional groups attached to an aromatic ring is 1. The van der Waals surface area contributed by atoms with Crippen LogP contribution >= 0.6 is 0 Å². The lowest BCUT2D eigenvalue weighted by molar-refractivity contribution is 0.217. The summed E-state index contributed by atoms with van der Waals surface area (Å²) >= 11 is 0. The number of nitrogens with two attached hydrogens (primary N) is 1. The number of hydrogen-bond acceptors (Lipinski definition) is 4. The van der Waals surface area contributed by atoms with Crippen LogP contribution in [-0.4, -0.2) is 24.2 Å². The van der Waals surface area contributed by atoms with Gasteiger partial charge in [0, 0.05) is 23.5 Å². The Bertz CT molecular complexity index is 567. The molecule has 1 saturated heterocycles. The quantitative estimate of drug-likeness (QED) is 0.821. The number of rotatable bonds is 4. The van der Waals surface area contributed by atoms with Crippen molar-refractivity contribution >= 4 is 5.69 Å². The van der Waals surface area contributed by atoms with Crippen LogP contribution in [0.5, 0.6) is 5.75 Å². The van der Waals surface area contributed by atoms with Gasteiger partial charge >= 0.3 is 0 Å². The summed E-state index contributed by atoms with van der Waals surface area (Å²) in [7, 11) is 0. The van der Waals surface area contributed by atoms with Crippen molar-refractivity contribution in [3.63, 3.8) is 0 Å². The van der Waals surface area contributed by atoms with E-state index in [0.717, 1.165) is 29.1 Å². The van der Waals surface area contributed by atoms with Crippen molar-refractivity contribution in [3.05, 3.63) is 42.7 Å². The van der Waals surface area contributed by atoms with E-state index in [-0.39, 0.29) is 0 Å². The van der Waals surface area contributed by atoms with Crippen LogP contribution in [0.25, 0.3) is 11.1 Å². The van der Waals surface area contributed by atoms with E-state index < -0.39 is 0 Å². The molecule has 19 heavy (non-hydrogen) atoms. The molecule has 0 amide bonds. The predicted octanol–water partition coefficient (Wildman–Crippen LogP) is 2.07. The van der Waals surface area contributed by atoms with Gasteiger partial charge in [-0.3, -0.25) is 4.98 Å². The largest absolute Gasteiger partial charge is 0.490 e. The van der Waals surface area contributed by atoms with E-state index in [4.69, 9.17) is 10.5 Å². The zero-order chi connectivity index (χ0) is 13.1. The van der Waals surface area contributed by atoms with Crippen LogP contribution in [0.3, 0.4) is 0 Å². The summed E-state index contributed by atoms with van der Waals surface area (Å²) in [5.41, 5.74) is 8.63. The van der Waals surface area contributed by atoms with Gasteiger partial charge in [-0.25, -0.2) is 0 Å². The van der Waals surface area contributed by atoms with Crippen molar-refractivity contribution in [1.82, 2.24) is 10.3 Å². The number of anilines is 1. The minimum atomic E-state index is 0.482. The fourth-order valence-electron chi connectivity index (χ4n) is 2.06. The third-order valence-electron chi connectivity index (χ3n) is 3.31. The van der Waals surface area contributed by atoms with Gasteiger partial charge in [-0.05, 0) is 36.7 Å². The maximum absolute atomic E-state index is 5.80.